The van der Waals surface area contributed by atoms with Crippen molar-refractivity contribution in [3.63, 3.8) is 0 Å². The molecule has 54 heavy (non-hydrogen) atoms. The van der Waals surface area contributed by atoms with Crippen molar-refractivity contribution in [2.75, 3.05) is 0 Å². The van der Waals surface area contributed by atoms with E-state index in [-0.39, 0.29) is 0 Å². The van der Waals surface area contributed by atoms with E-state index in [1.165, 1.54) is 0 Å². The predicted molar refractivity (Wildman–Crippen MR) is 223 cm³/mol. The molecule has 2 aromatic heterocycles. The minimum atomic E-state index is 0.688. The predicted octanol–water partition coefficient (Wildman–Crippen LogP) is 12.7. The van der Waals surface area contributed by atoms with E-state index < -0.39 is 0 Å². The molecule has 10 rings (SSSR count). The highest BCUT2D eigenvalue weighted by Gasteiger charge is 2.19. The van der Waals surface area contributed by atoms with Gasteiger partial charge in [0.05, 0.1) is 22.8 Å². The largest absolute Gasteiger partial charge is 0.228 e. The first-order valence-corrected chi connectivity index (χ1v) is 18.1. The number of rotatable bonds is 6. The van der Waals surface area contributed by atoms with Crippen molar-refractivity contribution in [2.45, 2.75) is 0 Å². The van der Waals surface area contributed by atoms with Crippen molar-refractivity contribution in [3.05, 3.63) is 194 Å². The first-order chi connectivity index (χ1) is 26.8. The Morgan fingerprint density at radius 1 is 0.222 bits per heavy atom. The van der Waals surface area contributed by atoms with Crippen molar-refractivity contribution < 1.29 is 0 Å². The van der Waals surface area contributed by atoms with Crippen molar-refractivity contribution in [1.29, 1.82) is 0 Å². The van der Waals surface area contributed by atoms with Gasteiger partial charge in [-0.05, 0) is 56.6 Å². The summed E-state index contributed by atoms with van der Waals surface area (Å²) < 4.78 is 0. The van der Waals surface area contributed by atoms with Gasteiger partial charge in [-0.3, -0.25) is 0 Å². The van der Waals surface area contributed by atoms with Crippen LogP contribution in [-0.4, -0.2) is 19.9 Å². The zero-order chi connectivity index (χ0) is 35.8. The molecule has 0 aliphatic carbocycles. The Morgan fingerprint density at radius 2 is 0.481 bits per heavy atom. The van der Waals surface area contributed by atoms with Gasteiger partial charge in [0.25, 0.3) is 0 Å². The van der Waals surface area contributed by atoms with Gasteiger partial charge < -0.3 is 0 Å². The molecule has 2 heterocycles. The number of fused-ring (bicyclic) bond motifs is 5. The molecule has 0 bridgehead atoms. The summed E-state index contributed by atoms with van der Waals surface area (Å²) in [5, 5.41) is 6.66. The molecule has 10 aromatic rings. The summed E-state index contributed by atoms with van der Waals surface area (Å²) in [6.07, 6.45) is 0. The summed E-state index contributed by atoms with van der Waals surface area (Å²) in [7, 11) is 0. The van der Waals surface area contributed by atoms with Crippen LogP contribution in [-0.2, 0) is 0 Å². The average Bonchev–Trinajstić information content (AvgIpc) is 3.26. The second-order valence-corrected chi connectivity index (χ2v) is 13.4. The topological polar surface area (TPSA) is 51.6 Å². The molecule has 0 fully saturated rings. The minimum Gasteiger partial charge on any atom is -0.228 e. The van der Waals surface area contributed by atoms with Gasteiger partial charge in [-0.25, -0.2) is 19.9 Å². The molecule has 0 aliphatic rings. The first kappa shape index (κ1) is 31.4. The van der Waals surface area contributed by atoms with Crippen LogP contribution in [0.1, 0.15) is 0 Å². The molecule has 252 valence electrons. The second-order valence-electron chi connectivity index (χ2n) is 13.4. The van der Waals surface area contributed by atoms with Crippen LogP contribution in [0, 0.1) is 0 Å². The highest BCUT2D eigenvalue weighted by Crippen LogP contribution is 2.42. The third kappa shape index (κ3) is 5.67. The maximum Gasteiger partial charge on any atom is 0.161 e. The SMILES string of the molecule is c1ccc(-c2cc(-c3ccccc3)nc(-c3cc4c5ccccc5c(-c5nc(-c6ccccc6)cc(-c6ccccc6)n5)cc4c4ccccc34)n2)cc1. The van der Waals surface area contributed by atoms with Crippen LogP contribution in [0.25, 0.3) is 100 Å². The maximum absolute atomic E-state index is 5.25. The van der Waals surface area contributed by atoms with E-state index in [2.05, 4.69) is 170 Å². The minimum absolute atomic E-state index is 0.688. The van der Waals surface area contributed by atoms with Crippen LogP contribution in [0.2, 0.25) is 0 Å². The van der Waals surface area contributed by atoms with E-state index in [4.69, 9.17) is 19.9 Å². The summed E-state index contributed by atoms with van der Waals surface area (Å²) in [5.41, 5.74) is 9.69. The zero-order valence-electron chi connectivity index (χ0n) is 29.3. The zero-order valence-corrected chi connectivity index (χ0v) is 29.3. The maximum atomic E-state index is 5.25. The number of benzene rings is 8. The summed E-state index contributed by atoms with van der Waals surface area (Å²) in [6.45, 7) is 0. The van der Waals surface area contributed by atoms with E-state index in [1.807, 2.05) is 24.3 Å². The average molecular weight is 689 g/mol. The fraction of sp³-hybridized carbons (Fsp3) is 0. The molecule has 0 saturated heterocycles. The fourth-order valence-corrected chi connectivity index (χ4v) is 7.48. The number of hydrogen-bond acceptors (Lipinski definition) is 4. The standard InChI is InChI=1S/C50H32N4/c1-5-17-33(18-6-1)45-31-46(34-19-7-2-8-20-34)52-49(51-45)43-29-41-38-26-14-16-28-40(38)44(30-42(41)37-25-13-15-27-39(37)43)50-53-47(35-21-9-3-10-22-35)32-48(54-50)36-23-11-4-12-24-36/h1-32H. The van der Waals surface area contributed by atoms with Gasteiger partial charge in [0.2, 0.25) is 0 Å². The number of nitrogens with zero attached hydrogens (tertiary/aromatic N) is 4. The molecule has 0 radical (unpaired) electrons. The van der Waals surface area contributed by atoms with Gasteiger partial charge in [0.15, 0.2) is 11.6 Å². The molecule has 0 unspecified atom stereocenters. The number of aromatic nitrogens is 4. The molecule has 4 heteroatoms. The Bertz CT molecular complexity index is 2640. The van der Waals surface area contributed by atoms with Crippen molar-refractivity contribution in [3.8, 4) is 67.8 Å². The molecular weight excluding hydrogens is 657 g/mol. The molecule has 4 nitrogen and oxygen atoms in total. The Morgan fingerprint density at radius 3 is 0.778 bits per heavy atom. The Hall–Kier alpha value is -7.30. The smallest absolute Gasteiger partial charge is 0.161 e. The lowest BCUT2D eigenvalue weighted by atomic mass is 9.90. The lowest BCUT2D eigenvalue weighted by Gasteiger charge is -2.16. The molecule has 8 aromatic carbocycles. The quantitative estimate of drug-likeness (QED) is 0.163. The van der Waals surface area contributed by atoms with E-state index in [0.717, 1.165) is 88.5 Å². The number of hydrogen-bond donors (Lipinski definition) is 0. The monoisotopic (exact) mass is 688 g/mol. The van der Waals surface area contributed by atoms with Crippen LogP contribution in [0.15, 0.2) is 194 Å². The molecule has 0 N–H and O–H groups in total. The third-order valence-electron chi connectivity index (χ3n) is 10.1. The third-order valence-corrected chi connectivity index (χ3v) is 10.1. The van der Waals surface area contributed by atoms with Gasteiger partial charge in [-0.15, -0.1) is 0 Å². The summed E-state index contributed by atoms with van der Waals surface area (Å²) in [5.74, 6) is 1.38. The highest BCUT2D eigenvalue weighted by molar-refractivity contribution is 6.23. The molecule has 0 amide bonds. The van der Waals surface area contributed by atoms with E-state index >= 15 is 0 Å². The van der Waals surface area contributed by atoms with Crippen LogP contribution in [0.4, 0.5) is 0 Å². The van der Waals surface area contributed by atoms with Crippen molar-refractivity contribution >= 4 is 32.3 Å². The Kier molecular flexibility index (Phi) is 7.77. The lowest BCUT2D eigenvalue weighted by Crippen LogP contribution is -1.98. The molecule has 0 aliphatic heterocycles. The van der Waals surface area contributed by atoms with Crippen LogP contribution in [0.5, 0.6) is 0 Å². The Balaban J connectivity index is 1.25. The van der Waals surface area contributed by atoms with Gasteiger partial charge in [-0.2, -0.15) is 0 Å². The first-order valence-electron chi connectivity index (χ1n) is 18.1. The van der Waals surface area contributed by atoms with E-state index in [9.17, 15) is 0 Å². The van der Waals surface area contributed by atoms with Gasteiger partial charge in [0, 0.05) is 33.4 Å². The van der Waals surface area contributed by atoms with Gasteiger partial charge in [-0.1, -0.05) is 170 Å². The van der Waals surface area contributed by atoms with Gasteiger partial charge in [0.1, 0.15) is 0 Å². The summed E-state index contributed by atoms with van der Waals surface area (Å²) in [4.78, 5) is 21.0. The normalized spacial score (nSPS) is 11.3. The molecule has 0 atom stereocenters. The fourth-order valence-electron chi connectivity index (χ4n) is 7.48. The van der Waals surface area contributed by atoms with Crippen LogP contribution >= 0.6 is 0 Å². The van der Waals surface area contributed by atoms with E-state index in [1.54, 1.807) is 0 Å². The summed E-state index contributed by atoms with van der Waals surface area (Å²) >= 11 is 0. The van der Waals surface area contributed by atoms with Crippen LogP contribution in [0.3, 0.4) is 0 Å². The molecule has 0 saturated carbocycles. The highest BCUT2D eigenvalue weighted by atomic mass is 14.9. The Labute approximate surface area is 313 Å². The van der Waals surface area contributed by atoms with Crippen molar-refractivity contribution in [1.82, 2.24) is 19.9 Å². The molecule has 0 spiro atoms. The van der Waals surface area contributed by atoms with Gasteiger partial charge >= 0.3 is 0 Å². The van der Waals surface area contributed by atoms with Crippen LogP contribution < -0.4 is 0 Å². The van der Waals surface area contributed by atoms with Crippen molar-refractivity contribution in [2.24, 2.45) is 0 Å². The second kappa shape index (κ2) is 13.4. The lowest BCUT2D eigenvalue weighted by molar-refractivity contribution is 1.19. The van der Waals surface area contributed by atoms with E-state index in [0.29, 0.717) is 11.6 Å². The molecular formula is C50H32N4. The summed E-state index contributed by atoms with van der Waals surface area (Å²) in [6, 6.07) is 67.3.